The molecule has 0 saturated carbocycles. The first-order chi connectivity index (χ1) is 14.8. The summed E-state index contributed by atoms with van der Waals surface area (Å²) in [5.74, 6) is 1.14. The fourth-order valence-electron chi connectivity index (χ4n) is 4.24. The third kappa shape index (κ3) is 4.65. The highest BCUT2D eigenvalue weighted by Gasteiger charge is 2.32. The summed E-state index contributed by atoms with van der Waals surface area (Å²) in [4.78, 5) is 32.7. The van der Waals surface area contributed by atoms with Crippen LogP contribution in [0.4, 0.5) is 0 Å². The number of rotatable bonds is 6. The van der Waals surface area contributed by atoms with Crippen molar-refractivity contribution in [3.63, 3.8) is 0 Å². The van der Waals surface area contributed by atoms with Crippen LogP contribution in [-0.2, 0) is 24.2 Å². The maximum atomic E-state index is 13.7. The number of hydrogen-bond donors (Lipinski definition) is 0. The second kappa shape index (κ2) is 8.91. The molecule has 6 heteroatoms. The molecule has 0 saturated heterocycles. The number of ketones is 1. The lowest BCUT2D eigenvalue weighted by molar-refractivity contribution is -0.116. The van der Waals surface area contributed by atoms with Gasteiger partial charge in [0.15, 0.2) is 5.16 Å². The molecule has 2 aromatic heterocycles. The molecule has 1 aliphatic rings. The second-order valence-corrected chi connectivity index (χ2v) is 11.5. The molecule has 1 aromatic carbocycles. The Morgan fingerprint density at radius 2 is 2.00 bits per heavy atom. The van der Waals surface area contributed by atoms with E-state index in [2.05, 4.69) is 20.8 Å². The van der Waals surface area contributed by atoms with Crippen LogP contribution in [0.25, 0.3) is 10.2 Å². The van der Waals surface area contributed by atoms with Crippen molar-refractivity contribution in [2.24, 2.45) is 11.3 Å². The Hall–Kier alpha value is -1.92. The molecule has 0 aliphatic heterocycles. The van der Waals surface area contributed by atoms with E-state index in [9.17, 15) is 9.59 Å². The average molecular weight is 455 g/mol. The summed E-state index contributed by atoms with van der Waals surface area (Å²) in [5.41, 5.74) is 2.57. The first kappa shape index (κ1) is 22.3. The minimum absolute atomic E-state index is 0.0343. The van der Waals surface area contributed by atoms with Gasteiger partial charge in [0.2, 0.25) is 0 Å². The van der Waals surface area contributed by atoms with Gasteiger partial charge < -0.3 is 0 Å². The minimum Gasteiger partial charge on any atom is -0.299 e. The number of hydrogen-bond acceptors (Lipinski definition) is 5. The number of thiophene rings is 1. The van der Waals surface area contributed by atoms with Gasteiger partial charge in [-0.25, -0.2) is 4.98 Å². The normalized spacial score (nSPS) is 16.5. The molecular weight excluding hydrogens is 424 g/mol. The van der Waals surface area contributed by atoms with Crippen LogP contribution >= 0.6 is 23.1 Å². The topological polar surface area (TPSA) is 52.0 Å². The van der Waals surface area contributed by atoms with Crippen molar-refractivity contribution in [1.82, 2.24) is 9.55 Å². The van der Waals surface area contributed by atoms with Crippen LogP contribution in [0.15, 0.2) is 40.3 Å². The fourth-order valence-corrected chi connectivity index (χ4v) is 6.54. The van der Waals surface area contributed by atoms with Gasteiger partial charge in [0.1, 0.15) is 10.6 Å². The number of fused-ring (bicyclic) bond motifs is 3. The molecule has 4 nitrogen and oxygen atoms in total. The fraction of sp³-hybridized carbons (Fsp3) is 0.480. The molecule has 164 valence electrons. The van der Waals surface area contributed by atoms with E-state index in [1.807, 2.05) is 37.3 Å². The van der Waals surface area contributed by atoms with Gasteiger partial charge in [-0.3, -0.25) is 14.2 Å². The lowest BCUT2D eigenvalue weighted by Gasteiger charge is -2.33. The minimum atomic E-state index is 0.0343. The molecule has 2 heterocycles. The molecule has 1 atom stereocenters. The van der Waals surface area contributed by atoms with E-state index >= 15 is 0 Å². The van der Waals surface area contributed by atoms with Crippen molar-refractivity contribution in [2.45, 2.75) is 65.1 Å². The van der Waals surface area contributed by atoms with Crippen molar-refractivity contribution in [1.29, 1.82) is 0 Å². The molecule has 0 spiro atoms. The predicted octanol–water partition coefficient (Wildman–Crippen LogP) is 5.73. The van der Waals surface area contributed by atoms with Gasteiger partial charge in [-0.15, -0.1) is 11.3 Å². The molecule has 0 fully saturated rings. The Kier molecular flexibility index (Phi) is 6.40. The zero-order chi connectivity index (χ0) is 22.2. The van der Waals surface area contributed by atoms with E-state index < -0.39 is 0 Å². The Bertz CT molecular complexity index is 1160. The lowest BCUT2D eigenvalue weighted by Crippen LogP contribution is -2.27. The molecule has 3 aromatic rings. The van der Waals surface area contributed by atoms with Gasteiger partial charge in [0, 0.05) is 11.3 Å². The molecule has 0 radical (unpaired) electrons. The van der Waals surface area contributed by atoms with Crippen molar-refractivity contribution in [3.05, 3.63) is 56.7 Å². The van der Waals surface area contributed by atoms with Crippen molar-refractivity contribution in [3.8, 4) is 0 Å². The molecule has 0 bridgehead atoms. The Labute approximate surface area is 192 Å². The number of aromatic nitrogens is 2. The van der Waals surface area contributed by atoms with E-state index in [1.54, 1.807) is 15.9 Å². The molecule has 31 heavy (non-hydrogen) atoms. The first-order valence-electron chi connectivity index (χ1n) is 11.0. The van der Waals surface area contributed by atoms with E-state index in [4.69, 9.17) is 4.98 Å². The van der Waals surface area contributed by atoms with E-state index in [-0.39, 0.29) is 16.8 Å². The monoisotopic (exact) mass is 454 g/mol. The Balaban J connectivity index is 1.80. The van der Waals surface area contributed by atoms with Crippen molar-refractivity contribution in [2.75, 3.05) is 5.75 Å². The SMILES string of the molecule is CCC(=O)CSc1nc2sc3c(c2c(=O)n1Cc1ccccc1)CCC(C(C)(C)C)C3. The van der Waals surface area contributed by atoms with Crippen molar-refractivity contribution >= 4 is 39.1 Å². The first-order valence-corrected chi connectivity index (χ1v) is 12.8. The molecule has 0 amide bonds. The van der Waals surface area contributed by atoms with Gasteiger partial charge in [-0.05, 0) is 41.7 Å². The van der Waals surface area contributed by atoms with E-state index in [0.717, 1.165) is 35.0 Å². The molecular formula is C25H30N2O2S2. The molecule has 1 unspecified atom stereocenters. The zero-order valence-corrected chi connectivity index (χ0v) is 20.4. The summed E-state index contributed by atoms with van der Waals surface area (Å²) >= 11 is 3.07. The summed E-state index contributed by atoms with van der Waals surface area (Å²) in [7, 11) is 0. The highest BCUT2D eigenvalue weighted by Crippen LogP contribution is 2.42. The Morgan fingerprint density at radius 1 is 1.26 bits per heavy atom. The summed E-state index contributed by atoms with van der Waals surface area (Å²) in [6.07, 6.45) is 3.58. The van der Waals surface area contributed by atoms with E-state index in [0.29, 0.717) is 29.8 Å². The summed E-state index contributed by atoms with van der Waals surface area (Å²) < 4.78 is 1.77. The summed E-state index contributed by atoms with van der Waals surface area (Å²) in [5, 5.41) is 1.45. The van der Waals surface area contributed by atoms with Crippen LogP contribution in [0.2, 0.25) is 0 Å². The van der Waals surface area contributed by atoms with Gasteiger partial charge in [0.05, 0.1) is 17.7 Å². The molecule has 1 aliphatic carbocycles. The third-order valence-corrected chi connectivity index (χ3v) is 8.48. The van der Waals surface area contributed by atoms with Crippen molar-refractivity contribution < 1.29 is 4.79 Å². The largest absolute Gasteiger partial charge is 0.299 e. The molecule has 0 N–H and O–H groups in total. The Morgan fingerprint density at radius 3 is 2.68 bits per heavy atom. The average Bonchev–Trinajstić information content (AvgIpc) is 3.12. The number of carbonyl (C=O) groups excluding carboxylic acids is 1. The lowest BCUT2D eigenvalue weighted by atomic mass is 9.72. The maximum absolute atomic E-state index is 13.7. The predicted molar refractivity (Wildman–Crippen MR) is 130 cm³/mol. The van der Waals surface area contributed by atoms with Gasteiger partial charge in [-0.2, -0.15) is 0 Å². The number of Topliss-reactive ketones (excluding diaryl/α,β-unsaturated/α-hetero) is 1. The van der Waals surface area contributed by atoms with Gasteiger partial charge in [0.25, 0.3) is 5.56 Å². The third-order valence-electron chi connectivity index (χ3n) is 6.30. The van der Waals surface area contributed by atoms with Crippen LogP contribution in [0.5, 0.6) is 0 Å². The number of thioether (sulfide) groups is 1. The van der Waals surface area contributed by atoms with Crippen LogP contribution in [0.3, 0.4) is 0 Å². The van der Waals surface area contributed by atoms with Gasteiger partial charge >= 0.3 is 0 Å². The maximum Gasteiger partial charge on any atom is 0.263 e. The smallest absolute Gasteiger partial charge is 0.263 e. The number of aryl methyl sites for hydroxylation is 1. The standard InChI is InChI=1S/C25H30N2O2S2/c1-5-18(28)15-30-24-26-22-21(23(29)27(24)14-16-9-7-6-8-10-16)19-12-11-17(25(2,3)4)13-20(19)31-22/h6-10,17H,5,11-15H2,1-4H3. The highest BCUT2D eigenvalue weighted by molar-refractivity contribution is 7.99. The number of benzene rings is 1. The second-order valence-electron chi connectivity index (χ2n) is 9.44. The number of carbonyl (C=O) groups is 1. The highest BCUT2D eigenvalue weighted by atomic mass is 32.2. The summed E-state index contributed by atoms with van der Waals surface area (Å²) in [6, 6.07) is 10.0. The molecule has 4 rings (SSSR count). The van der Waals surface area contributed by atoms with Crippen LogP contribution in [0, 0.1) is 11.3 Å². The quantitative estimate of drug-likeness (QED) is 0.353. The summed E-state index contributed by atoms with van der Waals surface area (Å²) in [6.45, 7) is 9.26. The van der Waals surface area contributed by atoms with Gasteiger partial charge in [-0.1, -0.05) is 69.8 Å². The van der Waals surface area contributed by atoms with Crippen LogP contribution < -0.4 is 5.56 Å². The van der Waals surface area contributed by atoms with Crippen LogP contribution in [-0.4, -0.2) is 21.1 Å². The number of nitrogens with zero attached hydrogens (tertiary/aromatic N) is 2. The van der Waals surface area contributed by atoms with E-state index in [1.165, 1.54) is 22.2 Å². The zero-order valence-electron chi connectivity index (χ0n) is 18.7. The van der Waals surface area contributed by atoms with Crippen LogP contribution in [0.1, 0.15) is 56.5 Å².